The van der Waals surface area contributed by atoms with Gasteiger partial charge in [0.2, 0.25) is 0 Å². The maximum atomic E-state index is 9.47. The van der Waals surface area contributed by atoms with Crippen molar-refractivity contribution in [1.29, 1.82) is 0 Å². The quantitative estimate of drug-likeness (QED) is 0.877. The highest BCUT2D eigenvalue weighted by molar-refractivity contribution is 9.10. The number of rotatable bonds is 4. The lowest BCUT2D eigenvalue weighted by molar-refractivity contribution is 0.238. The number of halogens is 2. The number of aliphatic hydroxyl groups excluding tert-OH is 1. The van der Waals surface area contributed by atoms with Crippen molar-refractivity contribution in [2.24, 2.45) is 5.92 Å². The highest BCUT2D eigenvalue weighted by atomic mass is 79.9. The molecule has 17 heavy (non-hydrogen) atoms. The molecule has 1 fully saturated rings. The first-order valence-corrected chi connectivity index (χ1v) is 7.20. The van der Waals surface area contributed by atoms with E-state index in [-0.39, 0.29) is 12.6 Å². The number of hydrogen-bond acceptors (Lipinski definition) is 2. The lowest BCUT2D eigenvalue weighted by Crippen LogP contribution is -2.31. The van der Waals surface area contributed by atoms with Gasteiger partial charge in [-0.25, -0.2) is 0 Å². The highest BCUT2D eigenvalue weighted by Crippen LogP contribution is 2.31. The summed E-state index contributed by atoms with van der Waals surface area (Å²) in [6.45, 7) is 0.185. The van der Waals surface area contributed by atoms with Gasteiger partial charge in [0.05, 0.1) is 17.7 Å². The Morgan fingerprint density at radius 1 is 1.41 bits per heavy atom. The molecule has 2 rings (SSSR count). The first-order valence-electron chi connectivity index (χ1n) is 6.03. The Morgan fingerprint density at radius 2 is 2.12 bits per heavy atom. The molecule has 0 radical (unpaired) electrons. The Balaban J connectivity index is 2.04. The van der Waals surface area contributed by atoms with Crippen LogP contribution in [0.1, 0.15) is 25.7 Å². The van der Waals surface area contributed by atoms with E-state index < -0.39 is 0 Å². The molecular weight excluding hydrogens is 302 g/mol. The fraction of sp³-hybridized carbons (Fsp3) is 0.538. The third-order valence-electron chi connectivity index (χ3n) is 3.44. The standard InChI is InChI=1S/C13H17BrClNO/c14-11-7-10(5-6-12(11)15)16-13(8-17)9-3-1-2-4-9/h5-7,9,13,16-17H,1-4,8H2. The van der Waals surface area contributed by atoms with E-state index in [0.717, 1.165) is 10.2 Å². The van der Waals surface area contributed by atoms with Gasteiger partial charge in [-0.15, -0.1) is 0 Å². The van der Waals surface area contributed by atoms with Crippen LogP contribution in [0.5, 0.6) is 0 Å². The van der Waals surface area contributed by atoms with Crippen molar-refractivity contribution in [2.45, 2.75) is 31.7 Å². The molecule has 94 valence electrons. The Hall–Kier alpha value is -0.250. The Bertz CT molecular complexity index is 380. The molecule has 0 spiro atoms. The minimum atomic E-state index is 0.158. The summed E-state index contributed by atoms with van der Waals surface area (Å²) < 4.78 is 0.882. The van der Waals surface area contributed by atoms with Crippen molar-refractivity contribution in [3.63, 3.8) is 0 Å². The van der Waals surface area contributed by atoms with Crippen LogP contribution in [-0.4, -0.2) is 17.8 Å². The van der Waals surface area contributed by atoms with Crippen LogP contribution in [0.2, 0.25) is 5.02 Å². The van der Waals surface area contributed by atoms with E-state index in [1.807, 2.05) is 18.2 Å². The first kappa shape index (κ1) is 13.2. The van der Waals surface area contributed by atoms with Crippen LogP contribution in [0, 0.1) is 5.92 Å². The van der Waals surface area contributed by atoms with Crippen molar-refractivity contribution < 1.29 is 5.11 Å². The van der Waals surface area contributed by atoms with Crippen molar-refractivity contribution >= 4 is 33.2 Å². The molecule has 1 unspecified atom stereocenters. The van der Waals surface area contributed by atoms with E-state index >= 15 is 0 Å². The average molecular weight is 319 g/mol. The van der Waals surface area contributed by atoms with Gasteiger partial charge in [0.25, 0.3) is 0 Å². The molecule has 0 aromatic heterocycles. The van der Waals surface area contributed by atoms with Gasteiger partial charge in [-0.2, -0.15) is 0 Å². The topological polar surface area (TPSA) is 32.3 Å². The summed E-state index contributed by atoms with van der Waals surface area (Å²) in [6, 6.07) is 5.92. The van der Waals surface area contributed by atoms with E-state index in [0.29, 0.717) is 10.9 Å². The van der Waals surface area contributed by atoms with Crippen LogP contribution < -0.4 is 5.32 Å². The second-order valence-electron chi connectivity index (χ2n) is 4.61. The minimum absolute atomic E-state index is 0.158. The third kappa shape index (κ3) is 3.36. The van der Waals surface area contributed by atoms with Crippen molar-refractivity contribution in [3.05, 3.63) is 27.7 Å². The Labute approximate surface area is 115 Å². The van der Waals surface area contributed by atoms with Crippen LogP contribution in [0.3, 0.4) is 0 Å². The molecule has 1 aromatic carbocycles. The van der Waals surface area contributed by atoms with Crippen LogP contribution >= 0.6 is 27.5 Å². The molecule has 4 heteroatoms. The predicted octanol–water partition coefficient (Wildman–Crippen LogP) is 4.07. The molecule has 0 bridgehead atoms. The van der Waals surface area contributed by atoms with Crippen LogP contribution in [0.25, 0.3) is 0 Å². The van der Waals surface area contributed by atoms with Gasteiger partial charge in [0.1, 0.15) is 0 Å². The van der Waals surface area contributed by atoms with Crippen LogP contribution in [0.15, 0.2) is 22.7 Å². The maximum absolute atomic E-state index is 9.47. The second kappa shape index (κ2) is 6.07. The normalized spacial score (nSPS) is 18.3. The zero-order valence-electron chi connectivity index (χ0n) is 9.63. The zero-order chi connectivity index (χ0) is 12.3. The van der Waals surface area contributed by atoms with Crippen LogP contribution in [0.4, 0.5) is 5.69 Å². The molecule has 1 aromatic rings. The fourth-order valence-electron chi connectivity index (χ4n) is 2.47. The number of hydrogen-bond donors (Lipinski definition) is 2. The van der Waals surface area contributed by atoms with Crippen LogP contribution in [-0.2, 0) is 0 Å². The largest absolute Gasteiger partial charge is 0.394 e. The lowest BCUT2D eigenvalue weighted by Gasteiger charge is -2.23. The summed E-state index contributed by atoms with van der Waals surface area (Å²) in [7, 11) is 0. The molecule has 1 saturated carbocycles. The molecule has 2 N–H and O–H groups in total. The summed E-state index contributed by atoms with van der Waals surface area (Å²) in [6.07, 6.45) is 5.00. The number of anilines is 1. The smallest absolute Gasteiger partial charge is 0.0635 e. The van der Waals surface area contributed by atoms with E-state index in [4.69, 9.17) is 11.6 Å². The first-order chi connectivity index (χ1) is 8.20. The van der Waals surface area contributed by atoms with Crippen molar-refractivity contribution in [1.82, 2.24) is 0 Å². The summed E-state index contributed by atoms with van der Waals surface area (Å²) in [5.41, 5.74) is 1.01. The van der Waals surface area contributed by atoms with E-state index in [1.54, 1.807) is 0 Å². The Morgan fingerprint density at radius 3 is 2.71 bits per heavy atom. The SMILES string of the molecule is OCC(Nc1ccc(Cl)c(Br)c1)C1CCCC1. The molecule has 0 heterocycles. The van der Waals surface area contributed by atoms with Gasteiger partial charge in [-0.1, -0.05) is 24.4 Å². The van der Waals surface area contributed by atoms with E-state index in [9.17, 15) is 5.11 Å². The van der Waals surface area contributed by atoms with Gasteiger partial charge in [0.15, 0.2) is 0 Å². The number of benzene rings is 1. The van der Waals surface area contributed by atoms with Crippen molar-refractivity contribution in [3.8, 4) is 0 Å². The van der Waals surface area contributed by atoms with E-state index in [1.165, 1.54) is 25.7 Å². The van der Waals surface area contributed by atoms with Gasteiger partial charge in [0, 0.05) is 10.2 Å². The summed E-state index contributed by atoms with van der Waals surface area (Å²) in [5.74, 6) is 0.592. The molecule has 1 aliphatic carbocycles. The number of aliphatic hydroxyl groups is 1. The van der Waals surface area contributed by atoms with Gasteiger partial charge in [-0.05, 0) is 52.9 Å². The fourth-order valence-corrected chi connectivity index (χ4v) is 2.97. The minimum Gasteiger partial charge on any atom is -0.394 e. The van der Waals surface area contributed by atoms with Gasteiger partial charge in [-0.3, -0.25) is 0 Å². The third-order valence-corrected chi connectivity index (χ3v) is 4.65. The van der Waals surface area contributed by atoms with Gasteiger partial charge < -0.3 is 10.4 Å². The summed E-state index contributed by atoms with van der Waals surface area (Å²) in [5, 5.41) is 13.6. The molecule has 0 aliphatic heterocycles. The monoisotopic (exact) mass is 317 g/mol. The summed E-state index contributed by atoms with van der Waals surface area (Å²) in [4.78, 5) is 0. The number of nitrogens with one attached hydrogen (secondary N) is 1. The predicted molar refractivity (Wildman–Crippen MR) is 75.6 cm³/mol. The lowest BCUT2D eigenvalue weighted by atomic mass is 9.98. The summed E-state index contributed by atoms with van der Waals surface area (Å²) >= 11 is 9.36. The zero-order valence-corrected chi connectivity index (χ0v) is 12.0. The van der Waals surface area contributed by atoms with Crippen molar-refractivity contribution in [2.75, 3.05) is 11.9 Å². The molecule has 0 saturated heterocycles. The average Bonchev–Trinajstić information content (AvgIpc) is 2.84. The Kier molecular flexibility index (Phi) is 4.71. The molecule has 0 amide bonds. The molecule has 2 nitrogen and oxygen atoms in total. The van der Waals surface area contributed by atoms with E-state index in [2.05, 4.69) is 21.2 Å². The van der Waals surface area contributed by atoms with Gasteiger partial charge >= 0.3 is 0 Å². The maximum Gasteiger partial charge on any atom is 0.0635 e. The molecule has 1 atom stereocenters. The molecule has 1 aliphatic rings. The highest BCUT2D eigenvalue weighted by Gasteiger charge is 2.24. The second-order valence-corrected chi connectivity index (χ2v) is 5.87. The molecular formula is C13H17BrClNO.